The molecule has 0 amide bonds. The van der Waals surface area contributed by atoms with Gasteiger partial charge >= 0.3 is 11.9 Å². The fraction of sp³-hybridized carbons (Fsp3) is 0.692. The number of carbonyl (C=O) groups is 2. The van der Waals surface area contributed by atoms with Gasteiger partial charge in [0.1, 0.15) is 0 Å². The van der Waals surface area contributed by atoms with E-state index < -0.39 is 11.9 Å². The van der Waals surface area contributed by atoms with Crippen molar-refractivity contribution in [1.29, 1.82) is 0 Å². The summed E-state index contributed by atoms with van der Waals surface area (Å²) >= 11 is 0. The molecule has 0 bridgehead atoms. The molecule has 0 unspecified atom stereocenters. The van der Waals surface area contributed by atoms with Crippen LogP contribution in [0, 0.1) is 0 Å². The molecule has 0 aromatic heterocycles. The first-order valence-corrected chi connectivity index (χ1v) is 6.09. The number of hydrogen-bond acceptors (Lipinski definition) is 4. The summed E-state index contributed by atoms with van der Waals surface area (Å²) in [6.07, 6.45) is 3.29. The summed E-state index contributed by atoms with van der Waals surface area (Å²) in [7, 11) is 0. The van der Waals surface area contributed by atoms with Gasteiger partial charge in [0.2, 0.25) is 0 Å². The summed E-state index contributed by atoms with van der Waals surface area (Å²) < 4.78 is 9.96. The Kier molecular flexibility index (Phi) is 8.11. The average molecular weight is 242 g/mol. The van der Waals surface area contributed by atoms with E-state index in [0.717, 1.165) is 12.8 Å². The van der Waals surface area contributed by atoms with Crippen molar-refractivity contribution in [3.8, 4) is 0 Å². The van der Waals surface area contributed by atoms with Crippen LogP contribution in [-0.4, -0.2) is 24.6 Å². The maximum absolute atomic E-state index is 11.6. The number of carbonyl (C=O) groups excluding carboxylic acids is 2. The highest BCUT2D eigenvalue weighted by atomic mass is 16.5. The van der Waals surface area contributed by atoms with Gasteiger partial charge in [-0.25, -0.2) is 9.59 Å². The number of hydrogen-bond donors (Lipinski definition) is 0. The second-order valence-electron chi connectivity index (χ2n) is 4.00. The van der Waals surface area contributed by atoms with Crippen LogP contribution in [0.3, 0.4) is 0 Å². The monoisotopic (exact) mass is 242 g/mol. The van der Waals surface area contributed by atoms with Crippen molar-refractivity contribution < 1.29 is 19.1 Å². The Hall–Kier alpha value is -1.32. The van der Waals surface area contributed by atoms with Crippen molar-refractivity contribution in [2.45, 2.75) is 53.1 Å². The fourth-order valence-electron chi connectivity index (χ4n) is 1.10. The van der Waals surface area contributed by atoms with Crippen LogP contribution < -0.4 is 0 Å². The number of ether oxygens (including phenoxy) is 2. The van der Waals surface area contributed by atoms with E-state index in [0.29, 0.717) is 18.6 Å². The molecule has 0 heterocycles. The van der Waals surface area contributed by atoms with Crippen LogP contribution in [0.15, 0.2) is 11.6 Å². The van der Waals surface area contributed by atoms with Gasteiger partial charge in [0.05, 0.1) is 12.7 Å². The number of rotatable bonds is 7. The van der Waals surface area contributed by atoms with Crippen LogP contribution in [0.4, 0.5) is 0 Å². The van der Waals surface area contributed by atoms with E-state index >= 15 is 0 Å². The molecule has 0 rings (SSSR count). The van der Waals surface area contributed by atoms with Crippen molar-refractivity contribution in [2.75, 3.05) is 6.61 Å². The molecule has 4 nitrogen and oxygen atoms in total. The first-order chi connectivity index (χ1) is 8.01. The van der Waals surface area contributed by atoms with Crippen LogP contribution in [0.25, 0.3) is 0 Å². The molecule has 98 valence electrons. The zero-order valence-corrected chi connectivity index (χ0v) is 11.1. The van der Waals surface area contributed by atoms with E-state index in [1.165, 1.54) is 6.08 Å². The number of esters is 2. The molecule has 0 saturated heterocycles. The van der Waals surface area contributed by atoms with Crippen LogP contribution in [0.1, 0.15) is 47.0 Å². The lowest BCUT2D eigenvalue weighted by Gasteiger charge is -2.09. The summed E-state index contributed by atoms with van der Waals surface area (Å²) in [5.41, 5.74) is 0.347. The molecule has 0 spiro atoms. The third-order valence-corrected chi connectivity index (χ3v) is 2.02. The average Bonchev–Trinajstić information content (AvgIpc) is 2.25. The minimum Gasteiger partial charge on any atom is -0.463 e. The van der Waals surface area contributed by atoms with E-state index in [9.17, 15) is 9.59 Å². The van der Waals surface area contributed by atoms with Gasteiger partial charge in [-0.3, -0.25) is 0 Å². The van der Waals surface area contributed by atoms with Crippen molar-refractivity contribution in [3.63, 3.8) is 0 Å². The van der Waals surface area contributed by atoms with Crippen LogP contribution in [0.5, 0.6) is 0 Å². The van der Waals surface area contributed by atoms with E-state index in [2.05, 4.69) is 0 Å². The molecule has 0 aromatic rings. The molecule has 0 atom stereocenters. The maximum atomic E-state index is 11.6. The van der Waals surface area contributed by atoms with Crippen molar-refractivity contribution >= 4 is 11.9 Å². The van der Waals surface area contributed by atoms with Gasteiger partial charge in [-0.15, -0.1) is 0 Å². The molecule has 0 N–H and O–H groups in total. The van der Waals surface area contributed by atoms with Gasteiger partial charge in [-0.05, 0) is 26.7 Å². The van der Waals surface area contributed by atoms with Crippen LogP contribution in [0.2, 0.25) is 0 Å². The Morgan fingerprint density at radius 2 is 1.88 bits per heavy atom. The molecule has 0 aliphatic carbocycles. The van der Waals surface area contributed by atoms with Gasteiger partial charge in [0.15, 0.2) is 0 Å². The summed E-state index contributed by atoms with van der Waals surface area (Å²) in [4.78, 5) is 22.9. The minimum atomic E-state index is -0.476. The van der Waals surface area contributed by atoms with Crippen LogP contribution >= 0.6 is 0 Å². The van der Waals surface area contributed by atoms with E-state index in [1.54, 1.807) is 20.8 Å². The smallest absolute Gasteiger partial charge is 0.334 e. The zero-order chi connectivity index (χ0) is 13.3. The molecule has 0 saturated carbocycles. The fourth-order valence-corrected chi connectivity index (χ4v) is 1.10. The minimum absolute atomic E-state index is 0.187. The summed E-state index contributed by atoms with van der Waals surface area (Å²) in [6.45, 7) is 7.74. The van der Waals surface area contributed by atoms with Crippen LogP contribution in [-0.2, 0) is 19.1 Å². The summed E-state index contributed by atoms with van der Waals surface area (Å²) in [6, 6.07) is 0. The molecule has 0 aliphatic heterocycles. The third kappa shape index (κ3) is 7.55. The molecular formula is C13H22O4. The molecule has 0 aromatic carbocycles. The predicted molar refractivity (Wildman–Crippen MR) is 65.5 cm³/mol. The van der Waals surface area contributed by atoms with E-state index in [1.807, 2.05) is 6.92 Å². The van der Waals surface area contributed by atoms with Gasteiger partial charge in [-0.1, -0.05) is 20.3 Å². The molecule has 0 fully saturated rings. The lowest BCUT2D eigenvalue weighted by molar-refractivity contribution is -0.144. The first-order valence-electron chi connectivity index (χ1n) is 6.09. The van der Waals surface area contributed by atoms with Gasteiger partial charge in [-0.2, -0.15) is 0 Å². The number of unbranched alkanes of at least 4 members (excludes halogenated alkanes) is 1. The highest BCUT2D eigenvalue weighted by Gasteiger charge is 2.13. The predicted octanol–water partition coefficient (Wildman–Crippen LogP) is 2.62. The summed E-state index contributed by atoms with van der Waals surface area (Å²) in [5.74, 6) is -0.925. The van der Waals surface area contributed by atoms with E-state index in [4.69, 9.17) is 9.47 Å². The molecular weight excluding hydrogens is 220 g/mol. The third-order valence-electron chi connectivity index (χ3n) is 2.02. The lowest BCUT2D eigenvalue weighted by Crippen LogP contribution is -2.15. The Balaban J connectivity index is 4.32. The van der Waals surface area contributed by atoms with Gasteiger partial charge < -0.3 is 9.47 Å². The second-order valence-corrected chi connectivity index (χ2v) is 4.00. The molecule has 0 radical (unpaired) electrons. The zero-order valence-electron chi connectivity index (χ0n) is 11.1. The van der Waals surface area contributed by atoms with Crippen molar-refractivity contribution in [3.05, 3.63) is 11.6 Å². The standard InChI is InChI=1S/C13H22O4/c1-5-7-8-16-12(14)9-11(6-2)13(15)17-10(3)4/h9-10H,5-8H2,1-4H3/b11-9-. The largest absolute Gasteiger partial charge is 0.463 e. The normalized spacial score (nSPS) is 11.5. The van der Waals surface area contributed by atoms with Gasteiger partial charge in [0.25, 0.3) is 0 Å². The molecule has 0 aliphatic rings. The highest BCUT2D eigenvalue weighted by Crippen LogP contribution is 2.06. The first kappa shape index (κ1) is 15.7. The second kappa shape index (κ2) is 8.79. The Morgan fingerprint density at radius 3 is 2.35 bits per heavy atom. The Morgan fingerprint density at radius 1 is 1.24 bits per heavy atom. The molecule has 17 heavy (non-hydrogen) atoms. The van der Waals surface area contributed by atoms with Crippen molar-refractivity contribution in [1.82, 2.24) is 0 Å². The van der Waals surface area contributed by atoms with E-state index in [-0.39, 0.29) is 6.10 Å². The molecule has 4 heteroatoms. The van der Waals surface area contributed by atoms with Crippen molar-refractivity contribution in [2.24, 2.45) is 0 Å². The maximum Gasteiger partial charge on any atom is 0.334 e. The van der Waals surface area contributed by atoms with Gasteiger partial charge in [0, 0.05) is 11.6 Å². The SMILES string of the molecule is CCCCOC(=O)/C=C(/CC)C(=O)OC(C)C. The highest BCUT2D eigenvalue weighted by molar-refractivity contribution is 5.96. The topological polar surface area (TPSA) is 52.6 Å². The quantitative estimate of drug-likeness (QED) is 0.391. The summed E-state index contributed by atoms with van der Waals surface area (Å²) in [5, 5.41) is 0. The lowest BCUT2D eigenvalue weighted by atomic mass is 10.2. The Labute approximate surface area is 103 Å². The Bertz CT molecular complexity index is 279.